The molecule has 210 valence electrons. The van der Waals surface area contributed by atoms with Gasteiger partial charge in [-0.25, -0.2) is 13.2 Å². The third kappa shape index (κ3) is 8.09. The molecular formula is C23H31F3N6O4S2. The van der Waals surface area contributed by atoms with Crippen LogP contribution in [0.5, 0.6) is 0 Å². The predicted molar refractivity (Wildman–Crippen MR) is 139 cm³/mol. The van der Waals surface area contributed by atoms with Crippen molar-refractivity contribution in [2.75, 3.05) is 21.9 Å². The molecule has 15 heteroatoms. The van der Waals surface area contributed by atoms with Crippen LogP contribution in [0.1, 0.15) is 69.2 Å². The molecule has 1 aliphatic rings. The van der Waals surface area contributed by atoms with Gasteiger partial charge in [-0.3, -0.25) is 4.72 Å². The molecule has 0 saturated carbocycles. The Morgan fingerprint density at radius 1 is 1.18 bits per heavy atom. The van der Waals surface area contributed by atoms with Crippen LogP contribution in [-0.2, 0) is 21.2 Å². The maximum Gasteiger partial charge on any atom is 0.404 e. The number of hydrogen-bond donors (Lipinski definition) is 1. The molecule has 10 nitrogen and oxygen atoms in total. The number of sulfonamides is 1. The SMILES string of the molecule is CCC(CC)N1CCCc2cc(N=Nc3nnc(C(=O)OC(C)(C)C)s3)c(NS(=O)(=O)CC(F)(F)F)cc21. The molecule has 0 atom stereocenters. The summed E-state index contributed by atoms with van der Waals surface area (Å²) in [4.78, 5) is 14.4. The third-order valence-electron chi connectivity index (χ3n) is 5.59. The highest BCUT2D eigenvalue weighted by molar-refractivity contribution is 7.92. The molecule has 0 unspecified atom stereocenters. The molecule has 0 saturated heterocycles. The lowest BCUT2D eigenvalue weighted by Crippen LogP contribution is -2.38. The predicted octanol–water partition coefficient (Wildman–Crippen LogP) is 6.15. The number of anilines is 2. The molecule has 0 bridgehead atoms. The van der Waals surface area contributed by atoms with Gasteiger partial charge in [-0.1, -0.05) is 25.2 Å². The lowest BCUT2D eigenvalue weighted by atomic mass is 9.97. The van der Waals surface area contributed by atoms with Crippen LogP contribution in [0.25, 0.3) is 0 Å². The molecule has 1 aromatic carbocycles. The summed E-state index contributed by atoms with van der Waals surface area (Å²) >= 11 is 0.814. The molecule has 3 rings (SSSR count). The first kappa shape index (κ1) is 29.7. The van der Waals surface area contributed by atoms with E-state index in [4.69, 9.17) is 4.74 Å². The highest BCUT2D eigenvalue weighted by Crippen LogP contribution is 2.40. The van der Waals surface area contributed by atoms with Gasteiger partial charge in [0.15, 0.2) is 5.75 Å². The Bertz CT molecular complexity index is 1290. The highest BCUT2D eigenvalue weighted by Gasteiger charge is 2.36. The van der Waals surface area contributed by atoms with Gasteiger partial charge in [0.1, 0.15) is 11.3 Å². The fourth-order valence-corrected chi connectivity index (χ4v) is 5.64. The molecule has 0 amide bonds. The van der Waals surface area contributed by atoms with Crippen molar-refractivity contribution in [3.63, 3.8) is 0 Å². The van der Waals surface area contributed by atoms with Crippen molar-refractivity contribution >= 4 is 49.5 Å². The van der Waals surface area contributed by atoms with Crippen LogP contribution in [0, 0.1) is 0 Å². The van der Waals surface area contributed by atoms with Gasteiger partial charge in [-0.2, -0.15) is 13.2 Å². The van der Waals surface area contributed by atoms with Gasteiger partial charge in [0, 0.05) is 18.3 Å². The summed E-state index contributed by atoms with van der Waals surface area (Å²) in [6, 6.07) is 3.32. The first-order valence-corrected chi connectivity index (χ1v) is 14.6. The van der Waals surface area contributed by atoms with E-state index in [-0.39, 0.29) is 27.6 Å². The van der Waals surface area contributed by atoms with E-state index in [0.717, 1.165) is 48.4 Å². The Balaban J connectivity index is 2.00. The summed E-state index contributed by atoms with van der Waals surface area (Å²) in [6.07, 6.45) is -1.68. The summed E-state index contributed by atoms with van der Waals surface area (Å²) in [7, 11) is -4.78. The number of azo groups is 1. The van der Waals surface area contributed by atoms with Crippen molar-refractivity contribution in [2.24, 2.45) is 10.2 Å². The van der Waals surface area contributed by atoms with E-state index in [9.17, 15) is 26.4 Å². The number of aryl methyl sites for hydroxylation is 1. The van der Waals surface area contributed by atoms with Crippen molar-refractivity contribution in [1.29, 1.82) is 0 Å². The number of esters is 1. The first-order chi connectivity index (χ1) is 17.6. The number of nitrogens with zero attached hydrogens (tertiary/aromatic N) is 5. The molecule has 1 aromatic heterocycles. The Hall–Kier alpha value is -2.81. The monoisotopic (exact) mass is 576 g/mol. The van der Waals surface area contributed by atoms with Gasteiger partial charge in [-0.05, 0) is 64.2 Å². The topological polar surface area (TPSA) is 126 Å². The maximum absolute atomic E-state index is 12.9. The number of ether oxygens (including phenoxy) is 1. The molecule has 1 N–H and O–H groups in total. The smallest absolute Gasteiger partial charge is 0.404 e. The van der Waals surface area contributed by atoms with Crippen molar-refractivity contribution < 1.29 is 31.1 Å². The van der Waals surface area contributed by atoms with E-state index in [0.29, 0.717) is 6.42 Å². The van der Waals surface area contributed by atoms with Crippen LogP contribution in [-0.4, -0.2) is 54.7 Å². The molecule has 0 radical (unpaired) electrons. The Morgan fingerprint density at radius 3 is 2.47 bits per heavy atom. The summed E-state index contributed by atoms with van der Waals surface area (Å²) in [5.74, 6) is -2.73. The zero-order valence-corrected chi connectivity index (χ0v) is 23.4. The van der Waals surface area contributed by atoms with E-state index >= 15 is 0 Å². The molecule has 0 spiro atoms. The van der Waals surface area contributed by atoms with Gasteiger partial charge in [-0.15, -0.1) is 20.4 Å². The van der Waals surface area contributed by atoms with Crippen LogP contribution >= 0.6 is 11.3 Å². The van der Waals surface area contributed by atoms with E-state index < -0.39 is 33.5 Å². The molecule has 38 heavy (non-hydrogen) atoms. The second kappa shape index (κ2) is 11.5. The number of carbonyl (C=O) groups is 1. The van der Waals surface area contributed by atoms with Crippen molar-refractivity contribution in [3.8, 4) is 0 Å². The molecule has 2 heterocycles. The quantitative estimate of drug-likeness (QED) is 0.280. The molecule has 1 aliphatic heterocycles. The minimum absolute atomic E-state index is 0.00802. The van der Waals surface area contributed by atoms with Crippen LogP contribution in [0.4, 0.5) is 35.4 Å². The molecular weight excluding hydrogens is 545 g/mol. The summed E-state index contributed by atoms with van der Waals surface area (Å²) in [5.41, 5.74) is 0.777. The van der Waals surface area contributed by atoms with E-state index in [1.807, 2.05) is 18.6 Å². The van der Waals surface area contributed by atoms with Crippen molar-refractivity contribution in [3.05, 3.63) is 22.7 Å². The normalized spacial score (nSPS) is 14.7. The Kier molecular flexibility index (Phi) is 9.01. The number of benzene rings is 1. The van der Waals surface area contributed by atoms with Gasteiger partial charge >= 0.3 is 12.1 Å². The summed E-state index contributed by atoms with van der Waals surface area (Å²) < 4.78 is 70.7. The third-order valence-corrected chi connectivity index (χ3v) is 7.61. The van der Waals surface area contributed by atoms with Gasteiger partial charge in [0.25, 0.3) is 5.13 Å². The van der Waals surface area contributed by atoms with E-state index in [2.05, 4.69) is 25.3 Å². The number of halogens is 3. The van der Waals surface area contributed by atoms with Crippen LogP contribution in [0.3, 0.4) is 0 Å². The minimum Gasteiger partial charge on any atom is -0.455 e. The van der Waals surface area contributed by atoms with E-state index in [1.165, 1.54) is 6.07 Å². The van der Waals surface area contributed by atoms with Gasteiger partial charge < -0.3 is 9.64 Å². The minimum atomic E-state index is -4.92. The fraction of sp³-hybridized carbons (Fsp3) is 0.609. The number of aromatic nitrogens is 2. The number of fused-ring (bicyclic) bond motifs is 1. The fourth-order valence-electron chi connectivity index (χ4n) is 4.10. The second-order valence-corrected chi connectivity index (χ2v) is 12.5. The molecule has 0 fully saturated rings. The van der Waals surface area contributed by atoms with E-state index in [1.54, 1.807) is 26.8 Å². The van der Waals surface area contributed by atoms with Crippen molar-refractivity contribution in [2.45, 2.75) is 78.1 Å². The number of carbonyl (C=O) groups excluding carboxylic acids is 1. The zero-order chi connectivity index (χ0) is 28.3. The lowest BCUT2D eigenvalue weighted by Gasteiger charge is -2.38. The second-order valence-electron chi connectivity index (χ2n) is 9.83. The average Bonchev–Trinajstić information content (AvgIpc) is 3.25. The number of hydrogen-bond acceptors (Lipinski definition) is 10. The first-order valence-electron chi connectivity index (χ1n) is 12.1. The largest absolute Gasteiger partial charge is 0.455 e. The highest BCUT2D eigenvalue weighted by atomic mass is 32.2. The maximum atomic E-state index is 12.9. The summed E-state index contributed by atoms with van der Waals surface area (Å²) in [5, 5.41) is 15.5. The number of nitrogens with one attached hydrogen (secondary N) is 1. The van der Waals surface area contributed by atoms with Crippen LogP contribution < -0.4 is 9.62 Å². The molecule has 2 aromatic rings. The number of alkyl halides is 3. The average molecular weight is 577 g/mol. The standard InChI is InChI=1S/C23H31F3N6O4S2/c1-6-15(7-2)32-10-8-9-14-11-16(17(12-18(14)32)31-38(34,35)13-23(24,25)26)27-29-21-30-28-19(37-21)20(33)36-22(3,4)5/h11-12,15,31H,6-10,13H2,1-5H3. The zero-order valence-electron chi connectivity index (χ0n) is 21.8. The Morgan fingerprint density at radius 2 is 1.87 bits per heavy atom. The van der Waals surface area contributed by atoms with Crippen LogP contribution in [0.2, 0.25) is 0 Å². The van der Waals surface area contributed by atoms with Gasteiger partial charge in [0.2, 0.25) is 15.0 Å². The van der Waals surface area contributed by atoms with Crippen molar-refractivity contribution in [1.82, 2.24) is 10.2 Å². The Labute approximate surface area is 223 Å². The van der Waals surface area contributed by atoms with Gasteiger partial charge in [0.05, 0.1) is 5.69 Å². The number of rotatable bonds is 9. The van der Waals surface area contributed by atoms with Crippen LogP contribution in [0.15, 0.2) is 22.4 Å². The lowest BCUT2D eigenvalue weighted by molar-refractivity contribution is -0.106. The summed E-state index contributed by atoms with van der Waals surface area (Å²) in [6.45, 7) is 9.95. The molecule has 0 aliphatic carbocycles.